The van der Waals surface area contributed by atoms with Gasteiger partial charge in [-0.2, -0.15) is 0 Å². The molecule has 0 heterocycles. The van der Waals surface area contributed by atoms with Crippen molar-refractivity contribution in [2.75, 3.05) is 7.05 Å². The van der Waals surface area contributed by atoms with Gasteiger partial charge in [-0.15, -0.1) is 0 Å². The molecule has 1 unspecified atom stereocenters. The number of halogens is 1. The first-order valence-electron chi connectivity index (χ1n) is 7.01. The minimum Gasteiger partial charge on any atom is -0.313 e. The van der Waals surface area contributed by atoms with Crippen LogP contribution in [0, 0.1) is 20.8 Å². The molecule has 106 valence electrons. The lowest BCUT2D eigenvalue weighted by Gasteiger charge is -2.21. The average molecular weight is 332 g/mol. The topological polar surface area (TPSA) is 12.0 Å². The second-order valence-corrected chi connectivity index (χ2v) is 6.30. The van der Waals surface area contributed by atoms with Crippen molar-refractivity contribution in [3.63, 3.8) is 0 Å². The molecule has 0 aromatic heterocycles. The summed E-state index contributed by atoms with van der Waals surface area (Å²) in [5.41, 5.74) is 6.81. The van der Waals surface area contributed by atoms with Crippen LogP contribution in [-0.4, -0.2) is 7.05 Å². The number of rotatable bonds is 4. The highest BCUT2D eigenvalue weighted by atomic mass is 79.9. The van der Waals surface area contributed by atoms with Crippen molar-refractivity contribution in [3.8, 4) is 0 Å². The summed E-state index contributed by atoms with van der Waals surface area (Å²) in [6.45, 7) is 6.53. The van der Waals surface area contributed by atoms with E-state index in [1.54, 1.807) is 0 Å². The minimum atomic E-state index is 0.323. The Balaban J connectivity index is 2.36. The summed E-state index contributed by atoms with van der Waals surface area (Å²) in [5, 5.41) is 3.46. The molecule has 2 rings (SSSR count). The maximum Gasteiger partial charge on any atom is 0.0369 e. The van der Waals surface area contributed by atoms with Crippen molar-refractivity contribution in [3.05, 3.63) is 68.7 Å². The van der Waals surface area contributed by atoms with Crippen molar-refractivity contribution in [1.82, 2.24) is 5.32 Å². The molecule has 1 N–H and O–H groups in total. The Labute approximate surface area is 130 Å². The maximum absolute atomic E-state index is 3.68. The Hall–Kier alpha value is -1.12. The van der Waals surface area contributed by atoms with Crippen LogP contribution in [-0.2, 0) is 6.42 Å². The second kappa shape index (κ2) is 6.55. The molecule has 0 saturated heterocycles. The van der Waals surface area contributed by atoms with Crippen LogP contribution in [0.2, 0.25) is 0 Å². The molecule has 0 aliphatic rings. The highest BCUT2D eigenvalue weighted by Crippen LogP contribution is 2.28. The predicted molar refractivity (Wildman–Crippen MR) is 90.3 cm³/mol. The van der Waals surface area contributed by atoms with E-state index in [1.165, 1.54) is 32.3 Å². The van der Waals surface area contributed by atoms with E-state index in [0.29, 0.717) is 6.04 Å². The van der Waals surface area contributed by atoms with E-state index in [9.17, 15) is 0 Å². The fourth-order valence-electron chi connectivity index (χ4n) is 2.67. The summed E-state index contributed by atoms with van der Waals surface area (Å²) in [6, 6.07) is 13.4. The van der Waals surface area contributed by atoms with E-state index in [-0.39, 0.29) is 0 Å². The third-order valence-electron chi connectivity index (χ3n) is 3.93. The van der Waals surface area contributed by atoms with Gasteiger partial charge in [-0.3, -0.25) is 0 Å². The van der Waals surface area contributed by atoms with E-state index < -0.39 is 0 Å². The van der Waals surface area contributed by atoms with Crippen molar-refractivity contribution in [2.24, 2.45) is 0 Å². The van der Waals surface area contributed by atoms with Crippen LogP contribution < -0.4 is 5.32 Å². The zero-order chi connectivity index (χ0) is 14.7. The molecule has 1 nitrogen and oxygen atoms in total. The van der Waals surface area contributed by atoms with Crippen molar-refractivity contribution >= 4 is 15.9 Å². The first kappa shape index (κ1) is 15.3. The quantitative estimate of drug-likeness (QED) is 0.842. The van der Waals surface area contributed by atoms with Gasteiger partial charge in [0.2, 0.25) is 0 Å². The SMILES string of the molecule is CNC(Cc1c(C)cccc1C)c1cc(C)ccc1Br. The van der Waals surface area contributed by atoms with Gasteiger partial charge in [0, 0.05) is 10.5 Å². The summed E-state index contributed by atoms with van der Waals surface area (Å²) in [7, 11) is 2.03. The Morgan fingerprint density at radius 1 is 1.05 bits per heavy atom. The van der Waals surface area contributed by atoms with Crippen LogP contribution in [0.3, 0.4) is 0 Å². The minimum absolute atomic E-state index is 0.323. The van der Waals surface area contributed by atoms with Crippen LogP contribution in [0.15, 0.2) is 40.9 Å². The van der Waals surface area contributed by atoms with E-state index >= 15 is 0 Å². The van der Waals surface area contributed by atoms with Gasteiger partial charge in [0.05, 0.1) is 0 Å². The molecule has 0 bridgehead atoms. The van der Waals surface area contributed by atoms with E-state index in [1.807, 2.05) is 7.05 Å². The molecule has 2 heteroatoms. The van der Waals surface area contributed by atoms with Crippen molar-refractivity contribution in [1.29, 1.82) is 0 Å². The maximum atomic E-state index is 3.68. The first-order chi connectivity index (χ1) is 9.52. The molecule has 1 atom stereocenters. The molecule has 2 aromatic carbocycles. The molecule has 0 spiro atoms. The van der Waals surface area contributed by atoms with Crippen LogP contribution >= 0.6 is 15.9 Å². The zero-order valence-corrected chi connectivity index (χ0v) is 14.2. The van der Waals surface area contributed by atoms with Gasteiger partial charge >= 0.3 is 0 Å². The van der Waals surface area contributed by atoms with E-state index in [2.05, 4.69) is 78.4 Å². The fraction of sp³-hybridized carbons (Fsp3) is 0.333. The number of hydrogen-bond donors (Lipinski definition) is 1. The molecule has 0 saturated carbocycles. The standard InChI is InChI=1S/C18H22BrN/c1-12-8-9-17(19)16(10-12)18(20-4)11-15-13(2)6-5-7-14(15)3/h5-10,18,20H,11H2,1-4H3. The number of nitrogens with one attached hydrogen (secondary N) is 1. The molecule has 0 aliphatic heterocycles. The van der Waals surface area contributed by atoms with Crippen LogP contribution in [0.4, 0.5) is 0 Å². The number of aryl methyl sites for hydroxylation is 3. The zero-order valence-electron chi connectivity index (χ0n) is 12.6. The normalized spacial score (nSPS) is 12.4. The number of benzene rings is 2. The van der Waals surface area contributed by atoms with Gasteiger partial charge in [-0.25, -0.2) is 0 Å². The van der Waals surface area contributed by atoms with E-state index in [4.69, 9.17) is 0 Å². The molecule has 20 heavy (non-hydrogen) atoms. The van der Waals surface area contributed by atoms with Gasteiger partial charge in [0.15, 0.2) is 0 Å². The smallest absolute Gasteiger partial charge is 0.0369 e. The number of hydrogen-bond acceptors (Lipinski definition) is 1. The lowest BCUT2D eigenvalue weighted by molar-refractivity contribution is 0.586. The summed E-state index contributed by atoms with van der Waals surface area (Å²) in [5.74, 6) is 0. The first-order valence-corrected chi connectivity index (χ1v) is 7.80. The highest BCUT2D eigenvalue weighted by molar-refractivity contribution is 9.10. The Morgan fingerprint density at radius 3 is 2.30 bits per heavy atom. The Bertz CT molecular complexity index is 584. The molecule has 0 radical (unpaired) electrons. The van der Waals surface area contributed by atoms with Gasteiger partial charge in [0.1, 0.15) is 0 Å². The fourth-order valence-corrected chi connectivity index (χ4v) is 3.20. The van der Waals surface area contributed by atoms with Crippen molar-refractivity contribution in [2.45, 2.75) is 33.2 Å². The molecular weight excluding hydrogens is 310 g/mol. The second-order valence-electron chi connectivity index (χ2n) is 5.44. The monoisotopic (exact) mass is 331 g/mol. The molecule has 0 aliphatic carbocycles. The van der Waals surface area contributed by atoms with Gasteiger partial charge in [-0.05, 0) is 62.6 Å². The highest BCUT2D eigenvalue weighted by Gasteiger charge is 2.15. The predicted octanol–water partition coefficient (Wildman–Crippen LogP) is 4.88. The lowest BCUT2D eigenvalue weighted by atomic mass is 9.92. The summed E-state index contributed by atoms with van der Waals surface area (Å²) < 4.78 is 1.17. The summed E-state index contributed by atoms with van der Waals surface area (Å²) >= 11 is 3.68. The van der Waals surface area contributed by atoms with E-state index in [0.717, 1.165) is 6.42 Å². The lowest BCUT2D eigenvalue weighted by Crippen LogP contribution is -2.20. The number of likely N-dealkylation sites (N-methyl/N-ethyl adjacent to an activating group) is 1. The third-order valence-corrected chi connectivity index (χ3v) is 4.65. The van der Waals surface area contributed by atoms with Crippen LogP contribution in [0.25, 0.3) is 0 Å². The molecule has 0 amide bonds. The van der Waals surface area contributed by atoms with Gasteiger partial charge < -0.3 is 5.32 Å². The van der Waals surface area contributed by atoms with Gasteiger partial charge in [-0.1, -0.05) is 51.8 Å². The Morgan fingerprint density at radius 2 is 1.70 bits per heavy atom. The molecular formula is C18H22BrN. The van der Waals surface area contributed by atoms with Crippen LogP contribution in [0.1, 0.15) is 33.9 Å². The van der Waals surface area contributed by atoms with Gasteiger partial charge in [0.25, 0.3) is 0 Å². The average Bonchev–Trinajstić information content (AvgIpc) is 2.42. The summed E-state index contributed by atoms with van der Waals surface area (Å²) in [4.78, 5) is 0. The van der Waals surface area contributed by atoms with Crippen LogP contribution in [0.5, 0.6) is 0 Å². The molecule has 0 fully saturated rings. The largest absolute Gasteiger partial charge is 0.313 e. The third kappa shape index (κ3) is 3.31. The van der Waals surface area contributed by atoms with Crippen molar-refractivity contribution < 1.29 is 0 Å². The Kier molecular flexibility index (Phi) is 5.00. The molecule has 2 aromatic rings. The summed E-state index contributed by atoms with van der Waals surface area (Å²) in [6.07, 6.45) is 1.01.